The molecular formula is C22H28N2O3. The van der Waals surface area contributed by atoms with Crippen molar-refractivity contribution in [3.05, 3.63) is 59.7 Å². The van der Waals surface area contributed by atoms with E-state index in [0.717, 1.165) is 22.6 Å². The summed E-state index contributed by atoms with van der Waals surface area (Å²) in [5.41, 5.74) is 2.23. The molecule has 0 aromatic heterocycles. The molecule has 1 atom stereocenters. The van der Waals surface area contributed by atoms with Crippen LogP contribution in [0.3, 0.4) is 0 Å². The zero-order valence-electron chi connectivity index (χ0n) is 16.3. The molecule has 0 bridgehead atoms. The molecule has 27 heavy (non-hydrogen) atoms. The Balaban J connectivity index is 1.57. The van der Waals surface area contributed by atoms with Gasteiger partial charge in [0.2, 0.25) is 5.91 Å². The highest BCUT2D eigenvalue weighted by molar-refractivity contribution is 5.78. The van der Waals surface area contributed by atoms with Crippen molar-refractivity contribution in [2.24, 2.45) is 5.92 Å². The molecule has 0 spiro atoms. The summed E-state index contributed by atoms with van der Waals surface area (Å²) >= 11 is 0. The van der Waals surface area contributed by atoms with Gasteiger partial charge in [-0.05, 0) is 36.2 Å². The van der Waals surface area contributed by atoms with E-state index in [1.807, 2.05) is 48.3 Å². The van der Waals surface area contributed by atoms with Crippen molar-refractivity contribution < 1.29 is 14.3 Å². The van der Waals surface area contributed by atoms with Gasteiger partial charge in [-0.15, -0.1) is 0 Å². The minimum absolute atomic E-state index is 0.0152. The van der Waals surface area contributed by atoms with E-state index in [0.29, 0.717) is 32.2 Å². The number of amides is 1. The lowest BCUT2D eigenvalue weighted by atomic mass is 9.96. The van der Waals surface area contributed by atoms with Crippen molar-refractivity contribution in [3.63, 3.8) is 0 Å². The van der Waals surface area contributed by atoms with Crippen molar-refractivity contribution in [3.8, 4) is 11.5 Å². The largest absolute Gasteiger partial charge is 0.486 e. The van der Waals surface area contributed by atoms with Crippen LogP contribution < -0.4 is 14.8 Å². The fourth-order valence-corrected chi connectivity index (χ4v) is 3.31. The van der Waals surface area contributed by atoms with Crippen molar-refractivity contribution >= 4 is 5.91 Å². The summed E-state index contributed by atoms with van der Waals surface area (Å²) in [5, 5.41) is 3.17. The molecule has 1 heterocycles. The Kier molecular flexibility index (Phi) is 6.35. The topological polar surface area (TPSA) is 50.8 Å². The van der Waals surface area contributed by atoms with Gasteiger partial charge < -0.3 is 14.8 Å². The van der Waals surface area contributed by atoms with Gasteiger partial charge in [-0.25, -0.2) is 0 Å². The fraction of sp³-hybridized carbons (Fsp3) is 0.409. The highest BCUT2D eigenvalue weighted by Gasteiger charge is 2.19. The molecule has 2 aromatic rings. The van der Waals surface area contributed by atoms with E-state index < -0.39 is 0 Å². The smallest absolute Gasteiger partial charge is 0.234 e. The van der Waals surface area contributed by atoms with E-state index in [2.05, 4.69) is 31.3 Å². The van der Waals surface area contributed by atoms with Gasteiger partial charge in [0.15, 0.2) is 11.5 Å². The number of fused-ring (bicyclic) bond motifs is 1. The van der Waals surface area contributed by atoms with E-state index in [9.17, 15) is 4.79 Å². The van der Waals surface area contributed by atoms with E-state index in [4.69, 9.17) is 9.47 Å². The van der Waals surface area contributed by atoms with E-state index in [1.54, 1.807) is 0 Å². The molecule has 5 heteroatoms. The number of nitrogens with zero attached hydrogens (tertiary/aromatic N) is 1. The molecule has 0 saturated carbocycles. The average molecular weight is 368 g/mol. The number of likely N-dealkylation sites (N-methyl/N-ethyl adjacent to an activating group) is 1. The van der Waals surface area contributed by atoms with Crippen LogP contribution in [0.1, 0.15) is 31.0 Å². The van der Waals surface area contributed by atoms with Crippen LogP contribution in [-0.4, -0.2) is 37.6 Å². The molecular weight excluding hydrogens is 340 g/mol. The Morgan fingerprint density at radius 2 is 1.78 bits per heavy atom. The summed E-state index contributed by atoms with van der Waals surface area (Å²) in [6.45, 7) is 6.41. The van der Waals surface area contributed by atoms with Crippen LogP contribution in [0.2, 0.25) is 0 Å². The molecule has 0 aliphatic carbocycles. The zero-order valence-corrected chi connectivity index (χ0v) is 16.3. The summed E-state index contributed by atoms with van der Waals surface area (Å²) < 4.78 is 11.2. The number of hydrogen-bond acceptors (Lipinski definition) is 4. The maximum atomic E-state index is 12.6. The molecule has 2 aromatic carbocycles. The minimum Gasteiger partial charge on any atom is -0.486 e. The molecule has 5 nitrogen and oxygen atoms in total. The fourth-order valence-electron chi connectivity index (χ4n) is 3.31. The van der Waals surface area contributed by atoms with Crippen LogP contribution in [0, 0.1) is 5.92 Å². The normalized spacial score (nSPS) is 14.3. The van der Waals surface area contributed by atoms with Gasteiger partial charge >= 0.3 is 0 Å². The summed E-state index contributed by atoms with van der Waals surface area (Å²) in [7, 11) is 1.95. The van der Waals surface area contributed by atoms with Crippen LogP contribution in [0.15, 0.2) is 48.5 Å². The quantitative estimate of drug-likeness (QED) is 0.814. The van der Waals surface area contributed by atoms with Crippen molar-refractivity contribution in [2.75, 3.05) is 26.8 Å². The summed E-state index contributed by atoms with van der Waals surface area (Å²) in [6.07, 6.45) is 0. The van der Waals surface area contributed by atoms with Gasteiger partial charge in [0.25, 0.3) is 0 Å². The van der Waals surface area contributed by atoms with Gasteiger partial charge in [0, 0.05) is 6.54 Å². The Bertz CT molecular complexity index is 761. The highest BCUT2D eigenvalue weighted by Crippen LogP contribution is 2.31. The lowest BCUT2D eigenvalue weighted by Crippen LogP contribution is -2.38. The van der Waals surface area contributed by atoms with Crippen LogP contribution in [0.25, 0.3) is 0 Å². The number of ether oxygens (including phenoxy) is 2. The lowest BCUT2D eigenvalue weighted by Gasteiger charge is -2.25. The van der Waals surface area contributed by atoms with Gasteiger partial charge in [0.05, 0.1) is 12.6 Å². The summed E-state index contributed by atoms with van der Waals surface area (Å²) in [5.74, 6) is 1.91. The van der Waals surface area contributed by atoms with Crippen molar-refractivity contribution in [2.45, 2.75) is 26.4 Å². The second kappa shape index (κ2) is 8.91. The monoisotopic (exact) mass is 368 g/mol. The zero-order chi connectivity index (χ0) is 19.2. The minimum atomic E-state index is 0.0152. The number of benzene rings is 2. The average Bonchev–Trinajstić information content (AvgIpc) is 2.66. The maximum Gasteiger partial charge on any atom is 0.234 e. The Morgan fingerprint density at radius 1 is 1.07 bits per heavy atom. The number of hydrogen-bond donors (Lipinski definition) is 1. The molecule has 0 radical (unpaired) electrons. The third-order valence-electron chi connectivity index (χ3n) is 4.61. The molecule has 0 saturated heterocycles. The predicted molar refractivity (Wildman–Crippen MR) is 106 cm³/mol. The Morgan fingerprint density at radius 3 is 2.48 bits per heavy atom. The van der Waals surface area contributed by atoms with E-state index >= 15 is 0 Å². The van der Waals surface area contributed by atoms with Crippen LogP contribution in [-0.2, 0) is 11.3 Å². The first kappa shape index (κ1) is 19.2. The summed E-state index contributed by atoms with van der Waals surface area (Å²) in [6, 6.07) is 16.1. The van der Waals surface area contributed by atoms with Crippen LogP contribution in [0.5, 0.6) is 11.5 Å². The van der Waals surface area contributed by atoms with Crippen molar-refractivity contribution in [1.82, 2.24) is 10.2 Å². The highest BCUT2D eigenvalue weighted by atomic mass is 16.6. The number of carbonyl (C=O) groups is 1. The molecule has 1 aliphatic heterocycles. The first-order valence-corrected chi connectivity index (χ1v) is 9.44. The number of nitrogens with one attached hydrogen (secondary N) is 1. The maximum absolute atomic E-state index is 12.6. The first-order valence-electron chi connectivity index (χ1n) is 9.44. The molecule has 1 unspecified atom stereocenters. The SMILES string of the molecule is CC(C)C(NC(=O)CN(C)Cc1ccc2c(c1)OCCO2)c1ccccc1. The third kappa shape index (κ3) is 5.23. The second-order valence-electron chi connectivity index (χ2n) is 7.35. The number of carbonyl (C=O) groups excluding carboxylic acids is 1. The van der Waals surface area contributed by atoms with E-state index in [1.165, 1.54) is 0 Å². The second-order valence-corrected chi connectivity index (χ2v) is 7.35. The van der Waals surface area contributed by atoms with E-state index in [-0.39, 0.29) is 11.9 Å². The first-order chi connectivity index (χ1) is 13.0. The van der Waals surface area contributed by atoms with Gasteiger partial charge in [-0.2, -0.15) is 0 Å². The number of rotatable bonds is 7. The Labute approximate surface area is 161 Å². The van der Waals surface area contributed by atoms with Gasteiger partial charge in [-0.1, -0.05) is 50.2 Å². The molecule has 144 valence electrons. The summed E-state index contributed by atoms with van der Waals surface area (Å²) in [4.78, 5) is 14.6. The van der Waals surface area contributed by atoms with Gasteiger partial charge in [-0.3, -0.25) is 9.69 Å². The third-order valence-corrected chi connectivity index (χ3v) is 4.61. The van der Waals surface area contributed by atoms with Crippen LogP contribution >= 0.6 is 0 Å². The molecule has 3 rings (SSSR count). The predicted octanol–water partition coefficient (Wildman–Crippen LogP) is 3.40. The van der Waals surface area contributed by atoms with Gasteiger partial charge in [0.1, 0.15) is 13.2 Å². The molecule has 1 amide bonds. The van der Waals surface area contributed by atoms with Crippen LogP contribution in [0.4, 0.5) is 0 Å². The standard InChI is InChI=1S/C22H28N2O3/c1-16(2)22(18-7-5-4-6-8-18)23-21(25)15-24(3)14-17-9-10-19-20(13-17)27-12-11-26-19/h4-10,13,16,22H,11-12,14-15H2,1-3H3,(H,23,25). The van der Waals surface area contributed by atoms with Crippen molar-refractivity contribution in [1.29, 1.82) is 0 Å². The molecule has 1 aliphatic rings. The molecule has 0 fully saturated rings. The Hall–Kier alpha value is -2.53. The lowest BCUT2D eigenvalue weighted by molar-refractivity contribution is -0.123. The molecule has 1 N–H and O–H groups in total.